The number of anilines is 1. The second-order valence-corrected chi connectivity index (χ2v) is 6.61. The third-order valence-electron chi connectivity index (χ3n) is 2.96. The number of hydrogen-bond donors (Lipinski definition) is 3. The van der Waals surface area contributed by atoms with Gasteiger partial charge in [-0.2, -0.15) is 5.10 Å². The molecule has 2 aromatic carbocycles. The molecule has 5 nitrogen and oxygen atoms in total. The molecule has 0 aliphatic carbocycles. The van der Waals surface area contributed by atoms with E-state index in [1.807, 2.05) is 31.2 Å². The molecular formula is C16H15Br2N3O2. The molecule has 0 atom stereocenters. The molecule has 7 heteroatoms. The molecule has 0 spiro atoms. The minimum atomic E-state index is -0.282. The van der Waals surface area contributed by atoms with E-state index >= 15 is 0 Å². The van der Waals surface area contributed by atoms with Crippen molar-refractivity contribution in [3.05, 3.63) is 56.5 Å². The number of halogens is 2. The maximum atomic E-state index is 11.7. The summed E-state index contributed by atoms with van der Waals surface area (Å²) in [4.78, 5) is 11.7. The standard InChI is InChI=1S/C16H15Br2N3O2/c1-10-2-4-13(5-3-10)19-9-15(22)21-20-8-11-6-12(17)7-14(18)16(11)23/h2-8,19,23H,9H2,1H3,(H,21,22)/b20-8+. The van der Waals surface area contributed by atoms with Crippen molar-refractivity contribution in [3.63, 3.8) is 0 Å². The largest absolute Gasteiger partial charge is 0.506 e. The predicted octanol–water partition coefficient (Wildman–Crippen LogP) is 3.79. The van der Waals surface area contributed by atoms with Crippen LogP contribution in [-0.2, 0) is 4.79 Å². The Bertz CT molecular complexity index is 731. The Balaban J connectivity index is 1.88. The highest BCUT2D eigenvalue weighted by molar-refractivity contribution is 9.11. The van der Waals surface area contributed by atoms with Gasteiger partial charge in [0.1, 0.15) is 5.75 Å². The quantitative estimate of drug-likeness (QED) is 0.489. The van der Waals surface area contributed by atoms with Crippen molar-refractivity contribution in [1.29, 1.82) is 0 Å². The first kappa shape index (κ1) is 17.5. The number of hydrazone groups is 1. The molecule has 2 rings (SSSR count). The lowest BCUT2D eigenvalue weighted by Gasteiger charge is -2.06. The number of rotatable bonds is 5. The van der Waals surface area contributed by atoms with Crippen molar-refractivity contribution in [3.8, 4) is 5.75 Å². The molecule has 0 unspecified atom stereocenters. The topological polar surface area (TPSA) is 73.7 Å². The van der Waals surface area contributed by atoms with Crippen LogP contribution in [0, 0.1) is 6.92 Å². The van der Waals surface area contributed by atoms with E-state index in [0.717, 1.165) is 15.7 Å². The summed E-state index contributed by atoms with van der Waals surface area (Å²) in [6, 6.07) is 11.2. The van der Waals surface area contributed by atoms with Crippen LogP contribution < -0.4 is 10.7 Å². The minimum Gasteiger partial charge on any atom is -0.506 e. The van der Waals surface area contributed by atoms with E-state index in [-0.39, 0.29) is 18.2 Å². The van der Waals surface area contributed by atoms with Gasteiger partial charge in [0, 0.05) is 15.7 Å². The van der Waals surface area contributed by atoms with Gasteiger partial charge in [0.05, 0.1) is 17.2 Å². The molecule has 0 bridgehead atoms. The molecule has 0 saturated heterocycles. The highest BCUT2D eigenvalue weighted by Gasteiger charge is 2.05. The molecule has 0 aromatic heterocycles. The van der Waals surface area contributed by atoms with Crippen molar-refractivity contribution >= 4 is 49.7 Å². The van der Waals surface area contributed by atoms with Gasteiger partial charge in [-0.25, -0.2) is 5.43 Å². The molecule has 0 aliphatic rings. The second-order valence-electron chi connectivity index (χ2n) is 4.84. The van der Waals surface area contributed by atoms with E-state index in [1.54, 1.807) is 12.1 Å². The van der Waals surface area contributed by atoms with E-state index in [2.05, 4.69) is 47.7 Å². The number of hydrogen-bond acceptors (Lipinski definition) is 4. The normalized spacial score (nSPS) is 10.7. The van der Waals surface area contributed by atoms with Crippen molar-refractivity contribution in [1.82, 2.24) is 5.43 Å². The number of benzene rings is 2. The Morgan fingerprint density at radius 2 is 1.96 bits per heavy atom. The Morgan fingerprint density at radius 1 is 1.26 bits per heavy atom. The van der Waals surface area contributed by atoms with Crippen molar-refractivity contribution in [2.45, 2.75) is 6.92 Å². The number of carbonyl (C=O) groups excluding carboxylic acids is 1. The maximum absolute atomic E-state index is 11.7. The van der Waals surface area contributed by atoms with Crippen molar-refractivity contribution < 1.29 is 9.90 Å². The molecule has 0 fully saturated rings. The fourth-order valence-corrected chi connectivity index (χ4v) is 3.01. The number of phenolic OH excluding ortho intramolecular Hbond substituents is 1. The lowest BCUT2D eigenvalue weighted by Crippen LogP contribution is -2.25. The van der Waals surface area contributed by atoms with Crippen molar-refractivity contribution in [2.75, 3.05) is 11.9 Å². The maximum Gasteiger partial charge on any atom is 0.259 e. The summed E-state index contributed by atoms with van der Waals surface area (Å²) < 4.78 is 1.33. The molecular weight excluding hydrogens is 426 g/mol. The van der Waals surface area contributed by atoms with Crippen LogP contribution in [0.4, 0.5) is 5.69 Å². The van der Waals surface area contributed by atoms with E-state index in [0.29, 0.717) is 10.0 Å². The van der Waals surface area contributed by atoms with Gasteiger partial charge >= 0.3 is 0 Å². The number of carbonyl (C=O) groups is 1. The average Bonchev–Trinajstić information content (AvgIpc) is 2.51. The fraction of sp³-hybridized carbons (Fsp3) is 0.125. The minimum absolute atomic E-state index is 0.0592. The van der Waals surface area contributed by atoms with Gasteiger partial charge in [0.15, 0.2) is 0 Å². The van der Waals surface area contributed by atoms with Gasteiger partial charge in [0.25, 0.3) is 5.91 Å². The Kier molecular flexibility index (Phi) is 6.18. The molecule has 0 radical (unpaired) electrons. The zero-order valence-electron chi connectivity index (χ0n) is 12.3. The highest BCUT2D eigenvalue weighted by Crippen LogP contribution is 2.30. The summed E-state index contributed by atoms with van der Waals surface area (Å²) in [7, 11) is 0. The van der Waals surface area contributed by atoms with E-state index < -0.39 is 0 Å². The Morgan fingerprint density at radius 3 is 2.65 bits per heavy atom. The second kappa shape index (κ2) is 8.12. The number of aromatic hydroxyl groups is 1. The van der Waals surface area contributed by atoms with Crippen LogP contribution in [0.2, 0.25) is 0 Å². The fourth-order valence-electron chi connectivity index (χ4n) is 1.75. The lowest BCUT2D eigenvalue weighted by molar-refractivity contribution is -0.119. The summed E-state index contributed by atoms with van der Waals surface area (Å²) in [5.74, 6) is -0.223. The van der Waals surface area contributed by atoms with Gasteiger partial charge < -0.3 is 10.4 Å². The van der Waals surface area contributed by atoms with E-state index in [4.69, 9.17) is 0 Å². The van der Waals surface area contributed by atoms with Crippen LogP contribution in [0.3, 0.4) is 0 Å². The molecule has 3 N–H and O–H groups in total. The van der Waals surface area contributed by atoms with Gasteiger partial charge in [-0.3, -0.25) is 4.79 Å². The average molecular weight is 441 g/mol. The van der Waals surface area contributed by atoms with Gasteiger partial charge in [-0.15, -0.1) is 0 Å². The molecule has 120 valence electrons. The monoisotopic (exact) mass is 439 g/mol. The van der Waals surface area contributed by atoms with Gasteiger partial charge in [-0.05, 0) is 47.1 Å². The molecule has 1 amide bonds. The molecule has 2 aromatic rings. The van der Waals surface area contributed by atoms with Gasteiger partial charge in [-0.1, -0.05) is 33.6 Å². The number of nitrogens with one attached hydrogen (secondary N) is 2. The highest BCUT2D eigenvalue weighted by atomic mass is 79.9. The van der Waals surface area contributed by atoms with E-state index in [1.165, 1.54) is 6.21 Å². The van der Waals surface area contributed by atoms with Gasteiger partial charge in [0.2, 0.25) is 0 Å². The van der Waals surface area contributed by atoms with Crippen LogP contribution in [0.1, 0.15) is 11.1 Å². The Labute approximate surface area is 151 Å². The first-order valence-electron chi connectivity index (χ1n) is 6.76. The van der Waals surface area contributed by atoms with Crippen LogP contribution in [0.25, 0.3) is 0 Å². The smallest absolute Gasteiger partial charge is 0.259 e. The summed E-state index contributed by atoms with van der Waals surface area (Å²) in [5.41, 5.74) is 4.91. The molecule has 0 heterocycles. The zero-order chi connectivity index (χ0) is 16.8. The zero-order valence-corrected chi connectivity index (χ0v) is 15.5. The first-order chi connectivity index (χ1) is 11.0. The number of nitrogens with zero attached hydrogens (tertiary/aromatic N) is 1. The molecule has 0 aliphatic heterocycles. The number of amides is 1. The molecule has 23 heavy (non-hydrogen) atoms. The van der Waals surface area contributed by atoms with Crippen LogP contribution >= 0.6 is 31.9 Å². The van der Waals surface area contributed by atoms with Crippen molar-refractivity contribution in [2.24, 2.45) is 5.10 Å². The van der Waals surface area contributed by atoms with E-state index in [9.17, 15) is 9.90 Å². The summed E-state index contributed by atoms with van der Waals surface area (Å²) in [6.45, 7) is 2.11. The van der Waals surface area contributed by atoms with Crippen LogP contribution in [-0.4, -0.2) is 23.8 Å². The lowest BCUT2D eigenvalue weighted by atomic mass is 10.2. The first-order valence-corrected chi connectivity index (χ1v) is 8.35. The van der Waals surface area contributed by atoms with Crippen LogP contribution in [0.5, 0.6) is 5.75 Å². The number of phenols is 1. The SMILES string of the molecule is Cc1ccc(NCC(=O)N/N=C/c2cc(Br)cc(Br)c2O)cc1. The summed E-state index contributed by atoms with van der Waals surface area (Å²) >= 11 is 6.56. The Hall–Kier alpha value is -1.86. The van der Waals surface area contributed by atoms with Crippen LogP contribution in [0.15, 0.2) is 50.4 Å². The third kappa shape index (κ3) is 5.37. The predicted molar refractivity (Wildman–Crippen MR) is 98.9 cm³/mol. The molecule has 0 saturated carbocycles. The number of aryl methyl sites for hydroxylation is 1. The summed E-state index contributed by atoms with van der Waals surface area (Å²) in [6.07, 6.45) is 1.38. The third-order valence-corrected chi connectivity index (χ3v) is 4.02. The summed E-state index contributed by atoms with van der Waals surface area (Å²) in [5, 5.41) is 16.7.